The number of fused-ring (bicyclic) bond motifs is 5. The van der Waals surface area contributed by atoms with E-state index in [1.54, 1.807) is 19.6 Å². The molecule has 2 unspecified atom stereocenters. The lowest BCUT2D eigenvalue weighted by Gasteiger charge is -2.53. The lowest BCUT2D eigenvalue weighted by Crippen LogP contribution is -2.48. The molecule has 3 aliphatic rings. The molecule has 6 atom stereocenters. The van der Waals surface area contributed by atoms with E-state index < -0.39 is 0 Å². The number of carbonyl (C=O) groups excluding carboxylic acids is 1. The van der Waals surface area contributed by atoms with Gasteiger partial charge in [0.1, 0.15) is 11.9 Å². The van der Waals surface area contributed by atoms with Crippen molar-refractivity contribution in [1.29, 1.82) is 0 Å². The number of rotatable bonds is 4. The molecule has 0 aromatic heterocycles. The molecular weight excluding hydrogens is 336 g/mol. The summed E-state index contributed by atoms with van der Waals surface area (Å²) in [6.07, 6.45) is 8.45. The van der Waals surface area contributed by atoms with E-state index >= 15 is 0 Å². The molecule has 4 rings (SSSR count). The van der Waals surface area contributed by atoms with Gasteiger partial charge in [-0.15, -0.1) is 0 Å². The first kappa shape index (κ1) is 18.8. The minimum atomic E-state index is -0.116. The predicted octanol–water partition coefficient (Wildman–Crippen LogP) is 5.51. The van der Waals surface area contributed by atoms with E-state index in [1.165, 1.54) is 44.1 Å². The van der Waals surface area contributed by atoms with Gasteiger partial charge in [0, 0.05) is 12.3 Å². The highest BCUT2D eigenvalue weighted by atomic mass is 16.5. The third kappa shape index (κ3) is 3.07. The van der Waals surface area contributed by atoms with Crippen molar-refractivity contribution >= 4 is 5.97 Å². The molecule has 0 radical (unpaired) electrons. The largest absolute Gasteiger partial charge is 0.497 e. The Balaban J connectivity index is 1.69. The Morgan fingerprint density at radius 2 is 2.07 bits per heavy atom. The van der Waals surface area contributed by atoms with Gasteiger partial charge in [0.05, 0.1) is 7.11 Å². The van der Waals surface area contributed by atoms with Gasteiger partial charge in [-0.2, -0.15) is 0 Å². The van der Waals surface area contributed by atoms with Crippen LogP contribution in [-0.4, -0.2) is 19.2 Å². The molecule has 2 saturated carbocycles. The van der Waals surface area contributed by atoms with Gasteiger partial charge < -0.3 is 9.47 Å². The zero-order chi connectivity index (χ0) is 19.2. The zero-order valence-electron chi connectivity index (χ0n) is 17.3. The van der Waals surface area contributed by atoms with Gasteiger partial charge >= 0.3 is 5.97 Å². The Kier molecular flexibility index (Phi) is 4.98. The minimum absolute atomic E-state index is 0.112. The summed E-state index contributed by atoms with van der Waals surface area (Å²) in [7, 11) is 1.76. The number of hydrogen-bond donors (Lipinski definition) is 0. The molecule has 3 heteroatoms. The molecule has 3 nitrogen and oxygen atoms in total. The first-order chi connectivity index (χ1) is 13.0. The molecule has 3 aliphatic carbocycles. The Morgan fingerprint density at radius 1 is 1.26 bits per heavy atom. The normalized spacial score (nSPS) is 37.1. The van der Waals surface area contributed by atoms with Crippen LogP contribution >= 0.6 is 0 Å². The first-order valence-corrected chi connectivity index (χ1v) is 10.8. The SMILES string of the molecule is CCCC1Cc2cc(OC)ccc2[C@H]2CC[C@]3(C)C(OC(C)=O)CC[C@H]3[C@H]12. The molecule has 0 heterocycles. The van der Waals surface area contributed by atoms with E-state index in [-0.39, 0.29) is 17.5 Å². The second kappa shape index (κ2) is 7.14. The molecule has 0 spiro atoms. The highest BCUT2D eigenvalue weighted by Gasteiger charge is 2.57. The highest BCUT2D eigenvalue weighted by molar-refractivity contribution is 5.66. The van der Waals surface area contributed by atoms with Crippen LogP contribution in [0.4, 0.5) is 0 Å². The van der Waals surface area contributed by atoms with Crippen LogP contribution in [0.3, 0.4) is 0 Å². The first-order valence-electron chi connectivity index (χ1n) is 10.8. The van der Waals surface area contributed by atoms with E-state index in [0.29, 0.717) is 11.8 Å². The van der Waals surface area contributed by atoms with Gasteiger partial charge in [0.25, 0.3) is 0 Å². The average molecular weight is 371 g/mol. The molecule has 0 aliphatic heterocycles. The molecule has 0 saturated heterocycles. The standard InChI is InChI=1S/C24H34O3/c1-5-6-16-13-17-14-18(26-4)7-8-19(17)20-11-12-24(3)21(23(16)20)9-10-22(24)27-15(2)25/h7-8,14,16,20-23H,5-6,9-13H2,1-4H3/t16?,20-,21+,22?,23-,24+/m1/s1. The van der Waals surface area contributed by atoms with E-state index in [4.69, 9.17) is 9.47 Å². The summed E-state index contributed by atoms with van der Waals surface area (Å²) in [6.45, 7) is 6.28. The summed E-state index contributed by atoms with van der Waals surface area (Å²) in [5.41, 5.74) is 3.22. The highest BCUT2D eigenvalue weighted by Crippen LogP contribution is 2.63. The van der Waals surface area contributed by atoms with Gasteiger partial charge in [-0.3, -0.25) is 4.79 Å². The van der Waals surface area contributed by atoms with Crippen molar-refractivity contribution in [2.45, 2.75) is 77.7 Å². The third-order valence-electron chi connectivity index (χ3n) is 7.99. The Morgan fingerprint density at radius 3 is 2.78 bits per heavy atom. The summed E-state index contributed by atoms with van der Waals surface area (Å²) in [6, 6.07) is 6.74. The molecule has 2 fully saturated rings. The monoisotopic (exact) mass is 370 g/mol. The summed E-state index contributed by atoms with van der Waals surface area (Å²) in [5.74, 6) is 3.66. The van der Waals surface area contributed by atoms with E-state index in [0.717, 1.165) is 24.0 Å². The summed E-state index contributed by atoms with van der Waals surface area (Å²) in [4.78, 5) is 11.7. The number of carbonyl (C=O) groups is 1. The van der Waals surface area contributed by atoms with Gasteiger partial charge in [-0.25, -0.2) is 0 Å². The average Bonchev–Trinajstić information content (AvgIpc) is 2.97. The number of hydrogen-bond acceptors (Lipinski definition) is 3. The smallest absolute Gasteiger partial charge is 0.302 e. The molecular formula is C24H34O3. The van der Waals surface area contributed by atoms with Crippen LogP contribution in [0.15, 0.2) is 18.2 Å². The molecule has 1 aromatic carbocycles. The molecule has 1 aromatic rings. The molecule has 0 amide bonds. The number of methoxy groups -OCH3 is 1. The van der Waals surface area contributed by atoms with Crippen LogP contribution in [0.1, 0.15) is 76.3 Å². The van der Waals surface area contributed by atoms with Crippen molar-refractivity contribution in [3.05, 3.63) is 29.3 Å². The van der Waals surface area contributed by atoms with Crippen LogP contribution in [0.25, 0.3) is 0 Å². The fourth-order valence-electron chi connectivity index (χ4n) is 6.89. The van der Waals surface area contributed by atoms with E-state index in [1.807, 2.05) is 0 Å². The second-order valence-corrected chi connectivity index (χ2v) is 9.33. The van der Waals surface area contributed by atoms with Crippen LogP contribution < -0.4 is 4.74 Å². The number of benzene rings is 1. The van der Waals surface area contributed by atoms with Crippen molar-refractivity contribution in [1.82, 2.24) is 0 Å². The van der Waals surface area contributed by atoms with Crippen molar-refractivity contribution in [2.75, 3.05) is 7.11 Å². The molecule has 0 N–H and O–H groups in total. The predicted molar refractivity (Wildman–Crippen MR) is 107 cm³/mol. The molecule has 148 valence electrons. The van der Waals surface area contributed by atoms with Gasteiger partial charge in [-0.05, 0) is 79.0 Å². The van der Waals surface area contributed by atoms with Crippen LogP contribution in [0, 0.1) is 23.2 Å². The number of esters is 1. The van der Waals surface area contributed by atoms with Crippen molar-refractivity contribution in [2.24, 2.45) is 23.2 Å². The lowest BCUT2D eigenvalue weighted by molar-refractivity contribution is -0.155. The summed E-state index contributed by atoms with van der Waals surface area (Å²) in [5, 5.41) is 0. The van der Waals surface area contributed by atoms with Crippen molar-refractivity contribution in [3.8, 4) is 5.75 Å². The van der Waals surface area contributed by atoms with Crippen molar-refractivity contribution < 1.29 is 14.3 Å². The number of ether oxygens (including phenoxy) is 2. The van der Waals surface area contributed by atoms with Crippen LogP contribution in [0.5, 0.6) is 5.75 Å². The van der Waals surface area contributed by atoms with Crippen LogP contribution in [0.2, 0.25) is 0 Å². The Bertz CT molecular complexity index is 712. The maximum absolute atomic E-state index is 11.7. The molecule has 27 heavy (non-hydrogen) atoms. The Labute approximate surface area is 163 Å². The fraction of sp³-hybridized carbons (Fsp3) is 0.708. The summed E-state index contributed by atoms with van der Waals surface area (Å²) >= 11 is 0. The molecule has 0 bridgehead atoms. The second-order valence-electron chi connectivity index (χ2n) is 9.33. The maximum atomic E-state index is 11.7. The lowest BCUT2D eigenvalue weighted by atomic mass is 9.52. The quantitative estimate of drug-likeness (QED) is 0.656. The minimum Gasteiger partial charge on any atom is -0.497 e. The van der Waals surface area contributed by atoms with Crippen LogP contribution in [-0.2, 0) is 16.0 Å². The van der Waals surface area contributed by atoms with Gasteiger partial charge in [-0.1, -0.05) is 32.8 Å². The fourth-order valence-corrected chi connectivity index (χ4v) is 6.89. The van der Waals surface area contributed by atoms with Crippen molar-refractivity contribution in [3.63, 3.8) is 0 Å². The van der Waals surface area contributed by atoms with E-state index in [2.05, 4.69) is 32.0 Å². The van der Waals surface area contributed by atoms with E-state index in [9.17, 15) is 4.79 Å². The van der Waals surface area contributed by atoms with Gasteiger partial charge in [0.2, 0.25) is 0 Å². The Hall–Kier alpha value is -1.51. The third-order valence-corrected chi connectivity index (χ3v) is 7.99. The zero-order valence-corrected chi connectivity index (χ0v) is 17.3. The topological polar surface area (TPSA) is 35.5 Å². The summed E-state index contributed by atoms with van der Waals surface area (Å²) < 4.78 is 11.3. The van der Waals surface area contributed by atoms with Gasteiger partial charge in [0.15, 0.2) is 0 Å². The maximum Gasteiger partial charge on any atom is 0.302 e.